The number of aliphatic hydroxyl groups is 1. The Morgan fingerprint density at radius 3 is 2.65 bits per heavy atom. The van der Waals surface area contributed by atoms with Crippen LogP contribution < -0.4 is 0 Å². The number of azo groups is 2. The van der Waals surface area contributed by atoms with E-state index in [-0.39, 0.29) is 29.7 Å². The van der Waals surface area contributed by atoms with E-state index < -0.39 is 0 Å². The van der Waals surface area contributed by atoms with Crippen LogP contribution in [0, 0.1) is 11.8 Å². The summed E-state index contributed by atoms with van der Waals surface area (Å²) in [5.41, 5.74) is 0. The van der Waals surface area contributed by atoms with Gasteiger partial charge in [0.15, 0.2) is 7.05 Å². The highest BCUT2D eigenvalue weighted by atomic mass is 35.5. The summed E-state index contributed by atoms with van der Waals surface area (Å²) in [6, 6.07) is 0.358. The van der Waals surface area contributed by atoms with E-state index in [1.54, 1.807) is 7.11 Å². The SMILES string of the molecule is COC1CC(Cl)CCC1[N+](C)=NC1C(O)CCC2CCCCC21. The Hall–Kier alpha value is -0.190. The van der Waals surface area contributed by atoms with Crippen LogP contribution in [0.2, 0.25) is 0 Å². The van der Waals surface area contributed by atoms with Crippen molar-refractivity contribution in [2.24, 2.45) is 17.0 Å². The number of nitrogens with zero attached hydrogens (tertiary/aromatic N) is 2. The Labute approximate surface area is 145 Å². The van der Waals surface area contributed by atoms with Crippen LogP contribution in [0.15, 0.2) is 5.11 Å². The standard InChI is InChI=1S/C18H32ClN2O2/c1-21(15-9-8-13(19)11-17(15)23-2)20-18-14-6-4-3-5-12(14)7-10-16(18)22/h12-18,22H,3-11H2,1-2H3/q+1. The van der Waals surface area contributed by atoms with Crippen molar-refractivity contribution < 1.29 is 14.5 Å². The zero-order valence-corrected chi connectivity index (χ0v) is 15.3. The topological polar surface area (TPSA) is 44.8 Å². The van der Waals surface area contributed by atoms with Gasteiger partial charge in [-0.3, -0.25) is 0 Å². The molecule has 3 rings (SSSR count). The highest BCUT2D eigenvalue weighted by Gasteiger charge is 2.43. The van der Waals surface area contributed by atoms with Gasteiger partial charge < -0.3 is 9.84 Å². The monoisotopic (exact) mass is 343 g/mol. The maximum absolute atomic E-state index is 10.5. The fourth-order valence-corrected chi connectivity index (χ4v) is 5.39. The summed E-state index contributed by atoms with van der Waals surface area (Å²) in [6.45, 7) is 0. The van der Waals surface area contributed by atoms with E-state index in [0.717, 1.165) is 31.6 Å². The second-order valence-corrected chi connectivity index (χ2v) is 8.40. The van der Waals surface area contributed by atoms with E-state index in [4.69, 9.17) is 21.5 Å². The molecule has 3 aliphatic carbocycles. The molecule has 0 heterocycles. The molecule has 5 heteroatoms. The number of ether oxygens (including phenoxy) is 1. The molecule has 0 radical (unpaired) electrons. The number of fused-ring (bicyclic) bond motifs is 1. The third-order valence-corrected chi connectivity index (χ3v) is 6.82. The Kier molecular flexibility index (Phi) is 5.97. The molecule has 0 aromatic rings. The molecular weight excluding hydrogens is 312 g/mol. The van der Waals surface area contributed by atoms with Crippen molar-refractivity contribution in [3.63, 3.8) is 0 Å². The van der Waals surface area contributed by atoms with Crippen molar-refractivity contribution >= 4 is 11.6 Å². The number of aliphatic hydroxyl groups excluding tert-OH is 1. The van der Waals surface area contributed by atoms with Gasteiger partial charge in [0.05, 0.1) is 6.10 Å². The van der Waals surface area contributed by atoms with Crippen molar-refractivity contribution in [3.8, 4) is 0 Å². The third-order valence-electron chi connectivity index (χ3n) is 6.43. The van der Waals surface area contributed by atoms with Gasteiger partial charge in [0, 0.05) is 18.9 Å². The van der Waals surface area contributed by atoms with Crippen molar-refractivity contribution in [3.05, 3.63) is 0 Å². The largest absolute Gasteiger partial charge is 0.391 e. The summed E-state index contributed by atoms with van der Waals surface area (Å²) in [4.78, 5) is 0. The molecule has 0 spiro atoms. The molecule has 3 aliphatic rings. The summed E-state index contributed by atoms with van der Waals surface area (Å²) in [6.07, 6.45) is 10.1. The molecule has 132 valence electrons. The number of rotatable bonds is 3. The van der Waals surface area contributed by atoms with Gasteiger partial charge in [-0.25, -0.2) is 0 Å². The highest BCUT2D eigenvalue weighted by Crippen LogP contribution is 2.42. The lowest BCUT2D eigenvalue weighted by molar-refractivity contribution is -0.619. The normalized spacial score (nSPS) is 45.6. The summed E-state index contributed by atoms with van der Waals surface area (Å²) in [5.74, 6) is 1.34. The Bertz CT molecular complexity index is 431. The first-order valence-corrected chi connectivity index (χ1v) is 9.82. The quantitative estimate of drug-likeness (QED) is 0.483. The number of likely N-dealkylation sites (N-methyl/N-ethyl adjacent to an activating group) is 1. The molecule has 4 nitrogen and oxygen atoms in total. The zero-order chi connectivity index (χ0) is 16.4. The summed E-state index contributed by atoms with van der Waals surface area (Å²) in [5, 5.41) is 15.8. The predicted octanol–water partition coefficient (Wildman–Crippen LogP) is 3.59. The van der Waals surface area contributed by atoms with Crippen LogP contribution in [-0.4, -0.2) is 53.6 Å². The Morgan fingerprint density at radius 2 is 1.87 bits per heavy atom. The average molecular weight is 344 g/mol. The van der Waals surface area contributed by atoms with E-state index in [1.165, 1.54) is 32.1 Å². The van der Waals surface area contributed by atoms with Gasteiger partial charge in [-0.2, -0.15) is 0 Å². The molecule has 7 atom stereocenters. The lowest BCUT2D eigenvalue weighted by Gasteiger charge is -2.40. The number of methoxy groups -OCH3 is 1. The molecule has 23 heavy (non-hydrogen) atoms. The second kappa shape index (κ2) is 7.79. The van der Waals surface area contributed by atoms with Gasteiger partial charge >= 0.3 is 0 Å². The average Bonchev–Trinajstić information content (AvgIpc) is 2.57. The lowest BCUT2D eigenvalue weighted by atomic mass is 9.67. The molecule has 0 amide bonds. The first-order valence-electron chi connectivity index (χ1n) is 9.38. The minimum atomic E-state index is -0.276. The number of hydrogen-bond acceptors (Lipinski definition) is 3. The summed E-state index contributed by atoms with van der Waals surface area (Å²) >= 11 is 6.30. The molecule has 3 fully saturated rings. The molecule has 0 aliphatic heterocycles. The van der Waals surface area contributed by atoms with E-state index >= 15 is 0 Å². The van der Waals surface area contributed by atoms with Gasteiger partial charge in [-0.15, -0.1) is 16.3 Å². The molecular formula is C18H32ClN2O2+. The fraction of sp³-hybridized carbons (Fsp3) is 1.00. The molecule has 0 aromatic heterocycles. The minimum Gasteiger partial charge on any atom is -0.391 e. The fourth-order valence-electron chi connectivity index (χ4n) is 5.09. The van der Waals surface area contributed by atoms with Crippen LogP contribution in [0.5, 0.6) is 0 Å². The van der Waals surface area contributed by atoms with Crippen molar-refractivity contribution in [1.82, 2.24) is 0 Å². The van der Waals surface area contributed by atoms with Crippen LogP contribution >= 0.6 is 11.6 Å². The predicted molar refractivity (Wildman–Crippen MR) is 91.2 cm³/mol. The Morgan fingerprint density at radius 1 is 1.09 bits per heavy atom. The molecule has 3 saturated carbocycles. The molecule has 0 aromatic carbocycles. The maximum atomic E-state index is 10.5. The first kappa shape index (κ1) is 17.6. The molecule has 0 saturated heterocycles. The Balaban J connectivity index is 1.74. The smallest absolute Gasteiger partial charge is 0.203 e. The summed E-state index contributed by atoms with van der Waals surface area (Å²) < 4.78 is 7.77. The van der Waals surface area contributed by atoms with E-state index in [9.17, 15) is 5.11 Å². The van der Waals surface area contributed by atoms with E-state index in [0.29, 0.717) is 5.92 Å². The number of hydrogen-bond donors (Lipinski definition) is 1. The lowest BCUT2D eigenvalue weighted by Crippen LogP contribution is -2.46. The van der Waals surface area contributed by atoms with Crippen molar-refractivity contribution in [2.45, 2.75) is 87.5 Å². The highest BCUT2D eigenvalue weighted by molar-refractivity contribution is 6.20. The van der Waals surface area contributed by atoms with Crippen molar-refractivity contribution in [1.29, 1.82) is 0 Å². The van der Waals surface area contributed by atoms with Gasteiger partial charge in [-0.05, 0) is 49.1 Å². The zero-order valence-electron chi connectivity index (χ0n) is 14.5. The number of halogens is 1. The van der Waals surface area contributed by atoms with Crippen LogP contribution in [0.3, 0.4) is 0 Å². The first-order chi connectivity index (χ1) is 11.1. The molecule has 1 N–H and O–H groups in total. The minimum absolute atomic E-state index is 0.0743. The van der Waals surface area contributed by atoms with E-state index in [2.05, 4.69) is 11.7 Å². The van der Waals surface area contributed by atoms with Gasteiger partial charge in [0.1, 0.15) is 12.1 Å². The van der Waals surface area contributed by atoms with Crippen LogP contribution in [-0.2, 0) is 4.74 Å². The van der Waals surface area contributed by atoms with E-state index in [1.807, 2.05) is 0 Å². The maximum Gasteiger partial charge on any atom is 0.203 e. The van der Waals surface area contributed by atoms with Crippen LogP contribution in [0.1, 0.15) is 57.8 Å². The summed E-state index contributed by atoms with van der Waals surface area (Å²) in [7, 11) is 3.83. The van der Waals surface area contributed by atoms with Crippen LogP contribution in [0.25, 0.3) is 0 Å². The van der Waals surface area contributed by atoms with Gasteiger partial charge in [-0.1, -0.05) is 19.3 Å². The number of alkyl halides is 1. The molecule has 0 bridgehead atoms. The second-order valence-electron chi connectivity index (χ2n) is 7.78. The molecule has 7 unspecified atom stereocenters. The third kappa shape index (κ3) is 3.91. The van der Waals surface area contributed by atoms with Crippen LogP contribution in [0.4, 0.5) is 0 Å². The van der Waals surface area contributed by atoms with Gasteiger partial charge in [0.2, 0.25) is 6.04 Å². The van der Waals surface area contributed by atoms with Crippen molar-refractivity contribution in [2.75, 3.05) is 14.2 Å². The van der Waals surface area contributed by atoms with Gasteiger partial charge in [0.25, 0.3) is 0 Å².